The average molecular weight is 300 g/mol. The molecule has 0 aliphatic heterocycles. The van der Waals surface area contributed by atoms with Crippen LogP contribution < -0.4 is 4.90 Å². The zero-order valence-electron chi connectivity index (χ0n) is 9.74. The van der Waals surface area contributed by atoms with E-state index in [-0.39, 0.29) is 18.9 Å². The zero-order chi connectivity index (χ0) is 13.0. The second kappa shape index (κ2) is 5.82. The summed E-state index contributed by atoms with van der Waals surface area (Å²) in [6.07, 6.45) is -0.0644. The zero-order valence-corrected chi connectivity index (χ0v) is 11.3. The van der Waals surface area contributed by atoms with E-state index in [1.165, 1.54) is 11.8 Å². The quantitative estimate of drug-likeness (QED) is 0.930. The maximum absolute atomic E-state index is 11.5. The number of halogens is 1. The largest absolute Gasteiger partial charge is 0.481 e. The van der Waals surface area contributed by atoms with Crippen molar-refractivity contribution in [2.75, 3.05) is 11.4 Å². The molecule has 0 aliphatic rings. The van der Waals surface area contributed by atoms with Crippen molar-refractivity contribution in [1.29, 1.82) is 0 Å². The maximum Gasteiger partial charge on any atom is 0.305 e. The highest BCUT2D eigenvalue weighted by atomic mass is 79.9. The predicted octanol–water partition coefficient (Wildman–Crippen LogP) is 2.59. The third-order valence-corrected chi connectivity index (χ3v) is 3.25. The number of aliphatic carboxylic acids is 1. The Morgan fingerprint density at radius 1 is 1.41 bits per heavy atom. The lowest BCUT2D eigenvalue weighted by molar-refractivity contribution is -0.136. The first-order valence-electron chi connectivity index (χ1n) is 5.18. The Kier molecular flexibility index (Phi) is 4.69. The first kappa shape index (κ1) is 13.7. The molecular weight excluding hydrogens is 286 g/mol. The fourth-order valence-electron chi connectivity index (χ4n) is 1.43. The van der Waals surface area contributed by atoms with Crippen molar-refractivity contribution in [1.82, 2.24) is 0 Å². The summed E-state index contributed by atoms with van der Waals surface area (Å²) in [5.74, 6) is -1.08. The van der Waals surface area contributed by atoms with Gasteiger partial charge in [0.15, 0.2) is 0 Å². The summed E-state index contributed by atoms with van der Waals surface area (Å²) >= 11 is 3.39. The van der Waals surface area contributed by atoms with Gasteiger partial charge in [-0.1, -0.05) is 22.0 Å². The first-order valence-corrected chi connectivity index (χ1v) is 5.97. The van der Waals surface area contributed by atoms with Crippen molar-refractivity contribution < 1.29 is 14.7 Å². The minimum atomic E-state index is -0.914. The molecule has 1 N–H and O–H groups in total. The number of anilines is 1. The number of rotatable bonds is 4. The second-order valence-corrected chi connectivity index (χ2v) is 4.60. The van der Waals surface area contributed by atoms with E-state index < -0.39 is 5.97 Å². The van der Waals surface area contributed by atoms with Gasteiger partial charge in [0, 0.05) is 23.6 Å². The molecule has 4 nitrogen and oxygen atoms in total. The van der Waals surface area contributed by atoms with Crippen LogP contribution in [0.4, 0.5) is 5.69 Å². The second-order valence-electron chi connectivity index (χ2n) is 3.75. The van der Waals surface area contributed by atoms with Gasteiger partial charge in [-0.05, 0) is 24.6 Å². The summed E-state index contributed by atoms with van der Waals surface area (Å²) in [5.41, 5.74) is 1.77. The molecule has 0 saturated carbocycles. The first-order chi connectivity index (χ1) is 7.91. The van der Waals surface area contributed by atoms with Gasteiger partial charge in [-0.3, -0.25) is 9.59 Å². The third-order valence-electron chi connectivity index (χ3n) is 2.40. The van der Waals surface area contributed by atoms with Crippen LogP contribution >= 0.6 is 15.9 Å². The molecule has 0 fully saturated rings. The van der Waals surface area contributed by atoms with Crippen molar-refractivity contribution in [2.24, 2.45) is 0 Å². The van der Waals surface area contributed by atoms with E-state index in [1.807, 2.05) is 25.1 Å². The molecule has 0 bridgehead atoms. The normalized spacial score (nSPS) is 10.1. The summed E-state index contributed by atoms with van der Waals surface area (Å²) in [5, 5.41) is 8.64. The van der Waals surface area contributed by atoms with E-state index in [2.05, 4.69) is 15.9 Å². The van der Waals surface area contributed by atoms with Gasteiger partial charge in [-0.25, -0.2) is 0 Å². The summed E-state index contributed by atoms with van der Waals surface area (Å²) in [6, 6.07) is 5.51. The van der Waals surface area contributed by atoms with Gasteiger partial charge in [-0.15, -0.1) is 0 Å². The SMILES string of the molecule is CC(=O)N(CCC(=O)O)c1ccc(C)c(Br)c1. The third kappa shape index (κ3) is 3.85. The number of carboxylic acid groups (broad SMARTS) is 1. The Hall–Kier alpha value is -1.36. The lowest BCUT2D eigenvalue weighted by atomic mass is 10.2. The molecule has 0 heterocycles. The van der Waals surface area contributed by atoms with E-state index in [0.717, 1.165) is 10.0 Å². The molecule has 5 heteroatoms. The molecule has 1 aromatic rings. The van der Waals surface area contributed by atoms with E-state index in [4.69, 9.17) is 5.11 Å². The van der Waals surface area contributed by atoms with Crippen LogP contribution in [0.2, 0.25) is 0 Å². The number of hydrogen-bond acceptors (Lipinski definition) is 2. The molecule has 0 aromatic heterocycles. The number of nitrogens with zero attached hydrogens (tertiary/aromatic N) is 1. The topological polar surface area (TPSA) is 57.6 Å². The van der Waals surface area contributed by atoms with Crippen LogP contribution in [0.15, 0.2) is 22.7 Å². The molecule has 0 saturated heterocycles. The number of carboxylic acids is 1. The fourth-order valence-corrected chi connectivity index (χ4v) is 1.79. The van der Waals surface area contributed by atoms with Gasteiger partial charge in [0.05, 0.1) is 6.42 Å². The van der Waals surface area contributed by atoms with Gasteiger partial charge < -0.3 is 10.0 Å². The van der Waals surface area contributed by atoms with Crippen molar-refractivity contribution in [3.05, 3.63) is 28.2 Å². The maximum atomic E-state index is 11.5. The average Bonchev–Trinajstić information content (AvgIpc) is 2.22. The Bertz CT molecular complexity index is 445. The summed E-state index contributed by atoms with van der Waals surface area (Å²) in [6.45, 7) is 3.55. The minimum Gasteiger partial charge on any atom is -0.481 e. The molecule has 1 amide bonds. The van der Waals surface area contributed by atoms with Crippen LogP contribution in [0.25, 0.3) is 0 Å². The highest BCUT2D eigenvalue weighted by molar-refractivity contribution is 9.10. The number of carbonyl (C=O) groups is 2. The smallest absolute Gasteiger partial charge is 0.305 e. The fraction of sp³-hybridized carbons (Fsp3) is 0.333. The predicted molar refractivity (Wildman–Crippen MR) is 69.2 cm³/mol. The standard InChI is InChI=1S/C12H14BrNO3/c1-8-3-4-10(7-11(8)13)14(9(2)15)6-5-12(16)17/h3-4,7H,5-6H2,1-2H3,(H,16,17). The van der Waals surface area contributed by atoms with Crippen molar-refractivity contribution in [3.63, 3.8) is 0 Å². The number of aryl methyl sites for hydroxylation is 1. The minimum absolute atomic E-state index is 0.0644. The van der Waals surface area contributed by atoms with Crippen LogP contribution in [0, 0.1) is 6.92 Å². The van der Waals surface area contributed by atoms with E-state index >= 15 is 0 Å². The van der Waals surface area contributed by atoms with Crippen LogP contribution in [0.1, 0.15) is 18.9 Å². The Morgan fingerprint density at radius 2 is 2.06 bits per heavy atom. The summed E-state index contributed by atoms with van der Waals surface area (Å²) in [7, 11) is 0. The molecule has 1 rings (SSSR count). The van der Waals surface area contributed by atoms with Gasteiger partial charge in [-0.2, -0.15) is 0 Å². The molecule has 1 aromatic carbocycles. The van der Waals surface area contributed by atoms with Gasteiger partial charge in [0.1, 0.15) is 0 Å². The number of hydrogen-bond donors (Lipinski definition) is 1. The monoisotopic (exact) mass is 299 g/mol. The Morgan fingerprint density at radius 3 is 2.53 bits per heavy atom. The van der Waals surface area contributed by atoms with Crippen LogP contribution in [0.5, 0.6) is 0 Å². The van der Waals surface area contributed by atoms with Gasteiger partial charge >= 0.3 is 5.97 Å². The summed E-state index contributed by atoms with van der Waals surface area (Å²) < 4.78 is 0.900. The van der Waals surface area contributed by atoms with Crippen molar-refractivity contribution in [3.8, 4) is 0 Å². The molecular formula is C12H14BrNO3. The highest BCUT2D eigenvalue weighted by Gasteiger charge is 2.13. The van der Waals surface area contributed by atoms with Crippen LogP contribution in [0.3, 0.4) is 0 Å². The van der Waals surface area contributed by atoms with E-state index in [0.29, 0.717) is 5.69 Å². The van der Waals surface area contributed by atoms with Gasteiger partial charge in [0.25, 0.3) is 0 Å². The molecule has 0 atom stereocenters. The van der Waals surface area contributed by atoms with Crippen LogP contribution in [-0.2, 0) is 9.59 Å². The molecule has 0 radical (unpaired) electrons. The number of carbonyl (C=O) groups excluding carboxylic acids is 1. The molecule has 0 unspecified atom stereocenters. The Balaban J connectivity index is 2.93. The van der Waals surface area contributed by atoms with Crippen LogP contribution in [-0.4, -0.2) is 23.5 Å². The van der Waals surface area contributed by atoms with Crippen molar-refractivity contribution in [2.45, 2.75) is 20.3 Å². The van der Waals surface area contributed by atoms with E-state index in [9.17, 15) is 9.59 Å². The number of amides is 1. The lowest BCUT2D eigenvalue weighted by Gasteiger charge is -2.21. The van der Waals surface area contributed by atoms with E-state index in [1.54, 1.807) is 0 Å². The molecule has 0 aliphatic carbocycles. The number of benzene rings is 1. The van der Waals surface area contributed by atoms with Crippen molar-refractivity contribution >= 4 is 33.5 Å². The molecule has 0 spiro atoms. The highest BCUT2D eigenvalue weighted by Crippen LogP contribution is 2.23. The molecule has 92 valence electrons. The molecule has 17 heavy (non-hydrogen) atoms. The lowest BCUT2D eigenvalue weighted by Crippen LogP contribution is -2.30. The summed E-state index contributed by atoms with van der Waals surface area (Å²) in [4.78, 5) is 23.5. The Labute approximate surface area is 108 Å². The van der Waals surface area contributed by atoms with Gasteiger partial charge in [0.2, 0.25) is 5.91 Å².